The zero-order chi connectivity index (χ0) is 21.9. The summed E-state index contributed by atoms with van der Waals surface area (Å²) in [5.74, 6) is -3.96. The van der Waals surface area contributed by atoms with Crippen molar-refractivity contribution in [3.63, 3.8) is 0 Å². The maximum Gasteiger partial charge on any atom is 0.461 e. The lowest BCUT2D eigenvalue weighted by atomic mass is 9.85. The molecule has 3 aromatic rings. The van der Waals surface area contributed by atoms with Crippen LogP contribution in [0.15, 0.2) is 66.7 Å². The fourth-order valence-electron chi connectivity index (χ4n) is 3.07. The third-order valence-electron chi connectivity index (χ3n) is 4.46. The van der Waals surface area contributed by atoms with Crippen molar-refractivity contribution in [1.82, 2.24) is 0 Å². The summed E-state index contributed by atoms with van der Waals surface area (Å²) in [6.45, 7) is 0. The number of alkyl halides is 4. The molecule has 2 nitrogen and oxygen atoms in total. The minimum Gasteiger partial charge on any atom is -0.505 e. The number of phenols is 1. The quantitative estimate of drug-likeness (QED) is 0.451. The maximum absolute atomic E-state index is 14.1. The van der Waals surface area contributed by atoms with Gasteiger partial charge in [-0.1, -0.05) is 36.4 Å². The lowest BCUT2D eigenvalue weighted by molar-refractivity contribution is -0.253. The molecular weight excluding hydrogens is 410 g/mol. The van der Waals surface area contributed by atoms with E-state index in [9.17, 15) is 31.4 Å². The highest BCUT2D eigenvalue weighted by atomic mass is 19.3. The Labute approximate surface area is 168 Å². The number of hydrogen-bond donors (Lipinski definition) is 1. The molecule has 0 aliphatic rings. The fourth-order valence-corrected chi connectivity index (χ4v) is 3.07. The predicted octanol–water partition coefficient (Wildman–Crippen LogP) is 6.28. The van der Waals surface area contributed by atoms with Gasteiger partial charge in [0.1, 0.15) is 11.6 Å². The van der Waals surface area contributed by atoms with E-state index < -0.39 is 41.6 Å². The van der Waals surface area contributed by atoms with Gasteiger partial charge in [-0.25, -0.2) is 8.78 Å². The van der Waals surface area contributed by atoms with E-state index in [0.717, 1.165) is 29.8 Å². The van der Waals surface area contributed by atoms with E-state index in [2.05, 4.69) is 4.74 Å². The first-order valence-electron chi connectivity index (χ1n) is 8.83. The summed E-state index contributed by atoms with van der Waals surface area (Å²) >= 11 is 0. The van der Waals surface area contributed by atoms with Gasteiger partial charge in [-0.3, -0.25) is 0 Å². The summed E-state index contributed by atoms with van der Waals surface area (Å²) in [5, 5.41) is 9.73. The molecule has 0 aliphatic carbocycles. The van der Waals surface area contributed by atoms with Crippen molar-refractivity contribution in [1.29, 1.82) is 0 Å². The van der Waals surface area contributed by atoms with Crippen molar-refractivity contribution in [2.24, 2.45) is 0 Å². The van der Waals surface area contributed by atoms with Crippen LogP contribution in [0.1, 0.15) is 22.6 Å². The smallest absolute Gasteiger partial charge is 0.461 e. The van der Waals surface area contributed by atoms with Crippen molar-refractivity contribution < 1.29 is 36.2 Å². The molecule has 0 saturated carbocycles. The molecule has 0 aromatic heterocycles. The monoisotopic (exact) mass is 426 g/mol. The minimum atomic E-state index is -4.80. The summed E-state index contributed by atoms with van der Waals surface area (Å²) in [6.07, 6.45) is -8.66. The highest BCUT2D eigenvalue weighted by Gasteiger charge is 2.44. The van der Waals surface area contributed by atoms with Crippen molar-refractivity contribution >= 4 is 0 Å². The van der Waals surface area contributed by atoms with Crippen LogP contribution in [0.25, 0.3) is 0 Å². The third-order valence-corrected chi connectivity index (χ3v) is 4.46. The summed E-state index contributed by atoms with van der Waals surface area (Å²) in [5.41, 5.74) is 1.29. The van der Waals surface area contributed by atoms with Gasteiger partial charge < -0.3 is 9.84 Å². The van der Waals surface area contributed by atoms with Crippen molar-refractivity contribution in [3.05, 3.63) is 95.1 Å². The molecule has 0 aliphatic heterocycles. The Kier molecular flexibility index (Phi) is 6.24. The van der Waals surface area contributed by atoms with Gasteiger partial charge in [-0.2, -0.15) is 17.6 Å². The van der Waals surface area contributed by atoms with Crippen LogP contribution in [0, 0.1) is 11.6 Å². The van der Waals surface area contributed by atoms with E-state index in [0.29, 0.717) is 11.6 Å². The molecule has 0 unspecified atom stereocenters. The average Bonchev–Trinajstić information content (AvgIpc) is 2.68. The Hall–Kier alpha value is -3.16. The molecule has 0 fully saturated rings. The molecule has 3 rings (SSSR count). The first-order valence-corrected chi connectivity index (χ1v) is 8.83. The standard InChI is InChI=1S/C22H16F6O2/c23-16-9-15(10-17(12-16)30-22(27,28)21(25)26)18(8-13-4-2-1-3-5-13)14-6-7-19(24)20(29)11-14/h1-7,9-12,18,21,29H,8H2/t18-/m0/s1. The zero-order valence-electron chi connectivity index (χ0n) is 15.3. The van der Waals surface area contributed by atoms with E-state index in [1.807, 2.05) is 0 Å². The fraction of sp³-hybridized carbons (Fsp3) is 0.182. The Bertz CT molecular complexity index is 1010. The number of aromatic hydroxyl groups is 1. The van der Waals surface area contributed by atoms with Crippen LogP contribution < -0.4 is 4.74 Å². The summed E-state index contributed by atoms with van der Waals surface area (Å²) < 4.78 is 83.2. The molecule has 0 radical (unpaired) electrons. The van der Waals surface area contributed by atoms with Crippen LogP contribution in [0.2, 0.25) is 0 Å². The highest BCUT2D eigenvalue weighted by Crippen LogP contribution is 2.35. The highest BCUT2D eigenvalue weighted by molar-refractivity contribution is 5.42. The van der Waals surface area contributed by atoms with Gasteiger partial charge in [-0.05, 0) is 47.4 Å². The first kappa shape index (κ1) is 21.5. The van der Waals surface area contributed by atoms with Crippen molar-refractivity contribution in [2.75, 3.05) is 0 Å². The second kappa shape index (κ2) is 8.69. The predicted molar refractivity (Wildman–Crippen MR) is 98.0 cm³/mol. The molecule has 0 amide bonds. The van der Waals surface area contributed by atoms with E-state index in [1.54, 1.807) is 30.3 Å². The lowest BCUT2D eigenvalue weighted by Gasteiger charge is -2.21. The Morgan fingerprint density at radius 1 is 0.867 bits per heavy atom. The Morgan fingerprint density at radius 2 is 1.57 bits per heavy atom. The van der Waals surface area contributed by atoms with Gasteiger partial charge in [0.2, 0.25) is 0 Å². The van der Waals surface area contributed by atoms with E-state index in [-0.39, 0.29) is 12.0 Å². The average molecular weight is 426 g/mol. The van der Waals surface area contributed by atoms with E-state index in [4.69, 9.17) is 0 Å². The molecule has 0 saturated heterocycles. The van der Waals surface area contributed by atoms with E-state index in [1.165, 1.54) is 6.07 Å². The SMILES string of the molecule is Oc1cc([C@H](Cc2ccccc2)c2cc(F)cc(OC(F)(F)C(F)F)c2)ccc1F. The van der Waals surface area contributed by atoms with Crippen LogP contribution in [0.3, 0.4) is 0 Å². The van der Waals surface area contributed by atoms with Crippen LogP contribution in [-0.2, 0) is 6.42 Å². The minimum absolute atomic E-state index is 0.130. The third kappa shape index (κ3) is 5.06. The molecule has 0 spiro atoms. The molecule has 30 heavy (non-hydrogen) atoms. The van der Waals surface area contributed by atoms with Crippen LogP contribution >= 0.6 is 0 Å². The lowest BCUT2D eigenvalue weighted by Crippen LogP contribution is -2.33. The molecule has 1 N–H and O–H groups in total. The number of hydrogen-bond acceptors (Lipinski definition) is 2. The maximum atomic E-state index is 14.1. The largest absolute Gasteiger partial charge is 0.505 e. The Balaban J connectivity index is 2.05. The number of benzene rings is 3. The number of ether oxygens (including phenoxy) is 1. The van der Waals surface area contributed by atoms with Crippen LogP contribution in [-0.4, -0.2) is 17.6 Å². The van der Waals surface area contributed by atoms with Gasteiger partial charge in [-0.15, -0.1) is 0 Å². The first-order chi connectivity index (χ1) is 14.2. The molecular formula is C22H16F6O2. The normalized spacial score (nSPS) is 12.8. The summed E-state index contributed by atoms with van der Waals surface area (Å²) in [7, 11) is 0. The van der Waals surface area contributed by atoms with Gasteiger partial charge in [0.15, 0.2) is 11.6 Å². The topological polar surface area (TPSA) is 29.5 Å². The van der Waals surface area contributed by atoms with Crippen molar-refractivity contribution in [2.45, 2.75) is 24.9 Å². The zero-order valence-corrected chi connectivity index (χ0v) is 15.3. The molecule has 0 bridgehead atoms. The molecule has 0 heterocycles. The second-order valence-corrected chi connectivity index (χ2v) is 6.64. The molecule has 8 heteroatoms. The van der Waals surface area contributed by atoms with Gasteiger partial charge in [0, 0.05) is 12.0 Å². The second-order valence-electron chi connectivity index (χ2n) is 6.64. The number of halogens is 6. The van der Waals surface area contributed by atoms with Crippen LogP contribution in [0.5, 0.6) is 11.5 Å². The van der Waals surface area contributed by atoms with E-state index >= 15 is 0 Å². The van der Waals surface area contributed by atoms with Gasteiger partial charge >= 0.3 is 12.5 Å². The summed E-state index contributed by atoms with van der Waals surface area (Å²) in [4.78, 5) is 0. The Morgan fingerprint density at radius 3 is 2.20 bits per heavy atom. The van der Waals surface area contributed by atoms with Crippen molar-refractivity contribution in [3.8, 4) is 11.5 Å². The number of rotatable bonds is 7. The molecule has 3 aromatic carbocycles. The number of phenolic OH excluding ortho intramolecular Hbond substituents is 1. The summed E-state index contributed by atoms with van der Waals surface area (Å²) in [6, 6.07) is 15.0. The van der Waals surface area contributed by atoms with Crippen LogP contribution in [0.4, 0.5) is 26.3 Å². The molecule has 158 valence electrons. The van der Waals surface area contributed by atoms with Gasteiger partial charge in [0.25, 0.3) is 0 Å². The van der Waals surface area contributed by atoms with Gasteiger partial charge in [0.05, 0.1) is 0 Å². The molecule has 1 atom stereocenters.